The summed E-state index contributed by atoms with van der Waals surface area (Å²) in [5.41, 5.74) is 3.70. The number of Topliss-reactive ketones (excluding diaryl/α,β-unsaturated/α-hetero) is 1. The molecule has 7 nitrogen and oxygen atoms in total. The van der Waals surface area contributed by atoms with Gasteiger partial charge in [-0.3, -0.25) is 9.36 Å². The fourth-order valence-corrected chi connectivity index (χ4v) is 5.13. The van der Waals surface area contributed by atoms with Crippen molar-refractivity contribution in [1.82, 2.24) is 19.1 Å². The molecule has 0 saturated heterocycles. The lowest BCUT2D eigenvalue weighted by atomic mass is 10.1. The number of benzene rings is 2. The number of ketones is 1. The summed E-state index contributed by atoms with van der Waals surface area (Å²) in [6, 6.07) is 12.7. The van der Waals surface area contributed by atoms with E-state index in [1.807, 2.05) is 42.7 Å². The molecule has 31 heavy (non-hydrogen) atoms. The zero-order valence-electron chi connectivity index (χ0n) is 18.3. The van der Waals surface area contributed by atoms with Crippen LogP contribution in [0.25, 0.3) is 17.1 Å². The largest absolute Gasteiger partial charge is 0.300 e. The smallest absolute Gasteiger partial charge is 0.242 e. The Bertz CT molecular complexity index is 1200. The molecule has 9 heteroatoms. The number of sulfonamides is 1. The van der Waals surface area contributed by atoms with Gasteiger partial charge in [-0.1, -0.05) is 42.1 Å². The molecular formula is C22H26N4O3S2. The Balaban J connectivity index is 2.18. The lowest BCUT2D eigenvalue weighted by Gasteiger charge is -2.16. The molecule has 0 N–H and O–H groups in total. The van der Waals surface area contributed by atoms with Crippen molar-refractivity contribution in [3.8, 4) is 17.1 Å². The van der Waals surface area contributed by atoms with Crippen LogP contribution >= 0.6 is 11.8 Å². The molecule has 0 saturated carbocycles. The highest BCUT2D eigenvalue weighted by atomic mass is 32.2. The van der Waals surface area contributed by atoms with Crippen molar-refractivity contribution in [3.63, 3.8) is 0 Å². The lowest BCUT2D eigenvalue weighted by molar-refractivity contribution is -0.116. The van der Waals surface area contributed by atoms with E-state index in [0.29, 0.717) is 28.7 Å². The van der Waals surface area contributed by atoms with Gasteiger partial charge in [0.05, 0.1) is 10.6 Å². The maximum Gasteiger partial charge on any atom is 0.242 e. The summed E-state index contributed by atoms with van der Waals surface area (Å²) >= 11 is 1.46. The molecule has 3 aromatic rings. The van der Waals surface area contributed by atoms with E-state index in [1.165, 1.54) is 30.2 Å². The molecule has 0 aliphatic rings. The van der Waals surface area contributed by atoms with Crippen LogP contribution in [0.4, 0.5) is 0 Å². The number of nitrogens with zero attached hydrogens (tertiary/aromatic N) is 4. The van der Waals surface area contributed by atoms with Crippen molar-refractivity contribution in [2.45, 2.75) is 37.2 Å². The summed E-state index contributed by atoms with van der Waals surface area (Å²) in [6.45, 7) is 5.60. The SMILES string of the molecule is CC(=O)CCSc1nnc(-c2cccc(S(=O)(=O)N(C)C)c2)n1-c1c(C)cccc1C. The predicted octanol–water partition coefficient (Wildman–Crippen LogP) is 3.87. The standard InChI is InChI=1S/C22H26N4O3S2/c1-15-8-6-9-16(2)20(15)26-21(23-24-22(26)30-13-12-17(3)27)18-10-7-11-19(14-18)31(28,29)25(4)5/h6-11,14H,12-13H2,1-5H3. The molecule has 0 amide bonds. The van der Waals surface area contributed by atoms with Crippen LogP contribution < -0.4 is 0 Å². The average Bonchev–Trinajstić information content (AvgIpc) is 3.11. The number of hydrogen-bond donors (Lipinski definition) is 0. The number of carbonyl (C=O) groups is 1. The number of rotatable bonds is 8. The molecule has 2 aromatic carbocycles. The number of para-hydroxylation sites is 1. The van der Waals surface area contributed by atoms with Crippen LogP contribution in [0.2, 0.25) is 0 Å². The van der Waals surface area contributed by atoms with Crippen LogP contribution in [0, 0.1) is 13.8 Å². The molecule has 0 aliphatic carbocycles. The highest BCUT2D eigenvalue weighted by molar-refractivity contribution is 7.99. The third-order valence-corrected chi connectivity index (χ3v) is 7.59. The molecule has 0 atom stereocenters. The van der Waals surface area contributed by atoms with Crippen LogP contribution in [0.5, 0.6) is 0 Å². The van der Waals surface area contributed by atoms with Crippen LogP contribution in [-0.2, 0) is 14.8 Å². The number of thioether (sulfide) groups is 1. The van der Waals surface area contributed by atoms with Gasteiger partial charge in [0.2, 0.25) is 10.0 Å². The second-order valence-electron chi connectivity index (χ2n) is 7.50. The predicted molar refractivity (Wildman–Crippen MR) is 123 cm³/mol. The highest BCUT2D eigenvalue weighted by Gasteiger charge is 2.22. The lowest BCUT2D eigenvalue weighted by Crippen LogP contribution is -2.22. The Kier molecular flexibility index (Phi) is 6.98. The van der Waals surface area contributed by atoms with Crippen molar-refractivity contribution >= 4 is 27.6 Å². The molecule has 0 aliphatic heterocycles. The van der Waals surface area contributed by atoms with Crippen LogP contribution in [0.3, 0.4) is 0 Å². The van der Waals surface area contributed by atoms with Gasteiger partial charge in [0.1, 0.15) is 5.78 Å². The van der Waals surface area contributed by atoms with E-state index >= 15 is 0 Å². The first-order chi connectivity index (χ1) is 14.6. The third kappa shape index (κ3) is 4.89. The summed E-state index contributed by atoms with van der Waals surface area (Å²) in [7, 11) is -0.575. The summed E-state index contributed by atoms with van der Waals surface area (Å²) in [5.74, 6) is 1.26. The zero-order valence-corrected chi connectivity index (χ0v) is 19.9. The summed E-state index contributed by atoms with van der Waals surface area (Å²) in [4.78, 5) is 11.6. The van der Waals surface area contributed by atoms with E-state index in [1.54, 1.807) is 25.1 Å². The van der Waals surface area contributed by atoms with Gasteiger partial charge in [0.25, 0.3) is 0 Å². The van der Waals surface area contributed by atoms with Gasteiger partial charge in [-0.2, -0.15) is 0 Å². The number of aromatic nitrogens is 3. The van der Waals surface area contributed by atoms with Crippen LogP contribution in [-0.4, -0.2) is 53.1 Å². The quantitative estimate of drug-likeness (QED) is 0.476. The maximum atomic E-state index is 12.6. The molecular weight excluding hydrogens is 432 g/mol. The molecule has 0 spiro atoms. The second kappa shape index (κ2) is 9.33. The Morgan fingerprint density at radius 2 is 1.71 bits per heavy atom. The summed E-state index contributed by atoms with van der Waals surface area (Å²) < 4.78 is 28.4. The van der Waals surface area contributed by atoms with E-state index in [-0.39, 0.29) is 10.7 Å². The highest BCUT2D eigenvalue weighted by Crippen LogP contribution is 2.32. The topological polar surface area (TPSA) is 85.2 Å². The Morgan fingerprint density at radius 1 is 1.06 bits per heavy atom. The van der Waals surface area contributed by atoms with Gasteiger partial charge < -0.3 is 0 Å². The minimum Gasteiger partial charge on any atom is -0.300 e. The number of aryl methyl sites for hydroxylation is 2. The van der Waals surface area contributed by atoms with Gasteiger partial charge in [0, 0.05) is 31.8 Å². The molecule has 164 valence electrons. The normalized spacial score (nSPS) is 11.8. The molecule has 0 bridgehead atoms. The fraction of sp³-hybridized carbons (Fsp3) is 0.318. The van der Waals surface area contributed by atoms with Gasteiger partial charge in [-0.15, -0.1) is 10.2 Å². The molecule has 1 heterocycles. The fourth-order valence-electron chi connectivity index (χ4n) is 3.20. The van der Waals surface area contributed by atoms with Crippen molar-refractivity contribution in [1.29, 1.82) is 0 Å². The van der Waals surface area contributed by atoms with E-state index < -0.39 is 10.0 Å². The molecule has 1 aromatic heterocycles. The van der Waals surface area contributed by atoms with Gasteiger partial charge in [0.15, 0.2) is 11.0 Å². The molecule has 0 radical (unpaired) electrons. The van der Waals surface area contributed by atoms with Crippen molar-refractivity contribution in [2.24, 2.45) is 0 Å². The average molecular weight is 459 g/mol. The van der Waals surface area contributed by atoms with E-state index in [4.69, 9.17) is 0 Å². The minimum absolute atomic E-state index is 0.118. The van der Waals surface area contributed by atoms with E-state index in [0.717, 1.165) is 16.8 Å². The monoisotopic (exact) mass is 458 g/mol. The van der Waals surface area contributed by atoms with Crippen LogP contribution in [0.1, 0.15) is 24.5 Å². The van der Waals surface area contributed by atoms with E-state index in [2.05, 4.69) is 10.2 Å². The Hall–Kier alpha value is -2.49. The first-order valence-electron chi connectivity index (χ1n) is 9.80. The zero-order chi connectivity index (χ0) is 22.8. The number of hydrogen-bond acceptors (Lipinski definition) is 6. The van der Waals surface area contributed by atoms with E-state index in [9.17, 15) is 13.2 Å². The second-order valence-corrected chi connectivity index (χ2v) is 10.7. The minimum atomic E-state index is -3.58. The first kappa shape index (κ1) is 23.2. The molecule has 0 fully saturated rings. The van der Waals surface area contributed by atoms with Gasteiger partial charge in [-0.25, -0.2) is 12.7 Å². The Labute approximate surface area is 187 Å². The third-order valence-electron chi connectivity index (χ3n) is 4.85. The summed E-state index contributed by atoms with van der Waals surface area (Å²) in [6.07, 6.45) is 0.441. The van der Waals surface area contributed by atoms with Crippen molar-refractivity contribution in [2.75, 3.05) is 19.8 Å². The first-order valence-corrected chi connectivity index (χ1v) is 12.2. The Morgan fingerprint density at radius 3 is 2.32 bits per heavy atom. The van der Waals surface area contributed by atoms with Crippen molar-refractivity contribution < 1.29 is 13.2 Å². The number of carbonyl (C=O) groups excluding carboxylic acids is 1. The summed E-state index contributed by atoms with van der Waals surface area (Å²) in [5, 5.41) is 9.45. The molecule has 0 unspecified atom stereocenters. The van der Waals surface area contributed by atoms with Gasteiger partial charge in [-0.05, 0) is 44.0 Å². The van der Waals surface area contributed by atoms with Crippen LogP contribution in [0.15, 0.2) is 52.5 Å². The van der Waals surface area contributed by atoms with Gasteiger partial charge >= 0.3 is 0 Å². The maximum absolute atomic E-state index is 12.6. The molecule has 3 rings (SSSR count). The van der Waals surface area contributed by atoms with Crippen molar-refractivity contribution in [3.05, 3.63) is 53.6 Å².